The summed E-state index contributed by atoms with van der Waals surface area (Å²) in [4.78, 5) is 14.1. The highest BCUT2D eigenvalue weighted by Gasteiger charge is 2.06. The second kappa shape index (κ2) is 7.05. The maximum atomic E-state index is 11.9. The molecule has 1 amide bonds. The Morgan fingerprint density at radius 1 is 1.13 bits per heavy atom. The minimum absolute atomic E-state index is 0.237. The number of carbonyl (C=O) groups excluding carboxylic acids is 1. The number of nitrogens with zero attached hydrogens (tertiary/aromatic N) is 1. The molecule has 0 aliphatic rings. The van der Waals surface area contributed by atoms with E-state index < -0.39 is 0 Å². The van der Waals surface area contributed by atoms with Crippen molar-refractivity contribution in [2.45, 2.75) is 0 Å². The molecule has 0 aliphatic carbocycles. The number of benzene rings is 1. The van der Waals surface area contributed by atoms with Gasteiger partial charge in [-0.2, -0.15) is 5.26 Å². The molecule has 2 aromatic heterocycles. The highest BCUT2D eigenvalue weighted by atomic mass is 32.1. The Hall–Kier alpha value is -2.68. The van der Waals surface area contributed by atoms with E-state index in [1.54, 1.807) is 28.9 Å². The Morgan fingerprint density at radius 2 is 1.96 bits per heavy atom. The number of thiophene rings is 2. The third-order valence-corrected chi connectivity index (χ3v) is 5.04. The van der Waals surface area contributed by atoms with Crippen molar-refractivity contribution in [1.29, 1.82) is 5.26 Å². The summed E-state index contributed by atoms with van der Waals surface area (Å²) in [6.45, 7) is 0. The zero-order valence-electron chi connectivity index (χ0n) is 12.0. The van der Waals surface area contributed by atoms with Crippen LogP contribution in [-0.4, -0.2) is 5.91 Å². The fourth-order valence-electron chi connectivity index (χ4n) is 2.01. The van der Waals surface area contributed by atoms with E-state index in [-0.39, 0.29) is 5.91 Å². The number of hydrogen-bond donors (Lipinski definition) is 1. The minimum atomic E-state index is -0.237. The van der Waals surface area contributed by atoms with Gasteiger partial charge in [0.15, 0.2) is 0 Å². The molecule has 3 aromatic rings. The van der Waals surface area contributed by atoms with Gasteiger partial charge in [0.25, 0.3) is 0 Å². The summed E-state index contributed by atoms with van der Waals surface area (Å²) in [7, 11) is 0. The molecule has 2 heterocycles. The van der Waals surface area contributed by atoms with Gasteiger partial charge in [-0.15, -0.1) is 22.7 Å². The van der Waals surface area contributed by atoms with E-state index in [0.717, 1.165) is 9.75 Å². The number of anilines is 1. The van der Waals surface area contributed by atoms with Gasteiger partial charge in [-0.25, -0.2) is 0 Å². The Labute approximate surface area is 142 Å². The van der Waals surface area contributed by atoms with E-state index in [4.69, 9.17) is 5.26 Å². The molecule has 3 rings (SSSR count). The normalized spacial score (nSPS) is 10.6. The molecule has 0 saturated heterocycles. The predicted molar refractivity (Wildman–Crippen MR) is 96.5 cm³/mol. The van der Waals surface area contributed by atoms with Gasteiger partial charge in [-0.05, 0) is 35.2 Å². The van der Waals surface area contributed by atoms with Gasteiger partial charge in [0.2, 0.25) is 5.91 Å². The van der Waals surface area contributed by atoms with Gasteiger partial charge >= 0.3 is 0 Å². The van der Waals surface area contributed by atoms with Crippen LogP contribution in [-0.2, 0) is 4.79 Å². The van der Waals surface area contributed by atoms with E-state index in [0.29, 0.717) is 10.6 Å². The largest absolute Gasteiger partial charge is 0.313 e. The lowest BCUT2D eigenvalue weighted by Crippen LogP contribution is -2.07. The van der Waals surface area contributed by atoms with E-state index in [2.05, 4.69) is 17.4 Å². The molecule has 1 aromatic carbocycles. The Balaban J connectivity index is 1.68. The first-order valence-electron chi connectivity index (χ1n) is 6.88. The van der Waals surface area contributed by atoms with Crippen LogP contribution in [0.1, 0.15) is 10.4 Å². The predicted octanol–water partition coefficient (Wildman–Crippen LogP) is 5.00. The van der Waals surface area contributed by atoms with Crippen molar-refractivity contribution < 1.29 is 4.79 Å². The summed E-state index contributed by atoms with van der Waals surface area (Å²) in [5.74, 6) is -0.237. The molecule has 0 unspecified atom stereocenters. The number of nitriles is 1. The second-order valence-electron chi connectivity index (χ2n) is 4.67. The molecule has 5 heteroatoms. The van der Waals surface area contributed by atoms with Crippen molar-refractivity contribution in [1.82, 2.24) is 0 Å². The number of nitrogens with one attached hydrogen (secondary N) is 1. The monoisotopic (exact) mass is 336 g/mol. The zero-order valence-corrected chi connectivity index (χ0v) is 13.7. The average Bonchev–Trinajstić information content (AvgIpc) is 3.23. The minimum Gasteiger partial charge on any atom is -0.313 e. The van der Waals surface area contributed by atoms with Gasteiger partial charge < -0.3 is 5.32 Å². The number of hydrogen-bond acceptors (Lipinski definition) is 4. The molecule has 23 heavy (non-hydrogen) atoms. The quantitative estimate of drug-likeness (QED) is 0.682. The summed E-state index contributed by atoms with van der Waals surface area (Å²) in [6, 6.07) is 17.9. The summed E-state index contributed by atoms with van der Waals surface area (Å²) >= 11 is 2.97. The van der Waals surface area contributed by atoms with E-state index in [1.165, 1.54) is 23.0 Å². The molecule has 112 valence electrons. The molecule has 0 radical (unpaired) electrons. The summed E-state index contributed by atoms with van der Waals surface area (Å²) < 4.78 is 0. The fraction of sp³-hybridized carbons (Fsp3) is 0. The Morgan fingerprint density at radius 3 is 2.74 bits per heavy atom. The molecule has 0 bridgehead atoms. The van der Waals surface area contributed by atoms with Crippen LogP contribution in [0.25, 0.3) is 16.5 Å². The van der Waals surface area contributed by atoms with Crippen LogP contribution in [0.15, 0.2) is 60.0 Å². The first kappa shape index (κ1) is 15.2. The van der Waals surface area contributed by atoms with Crippen molar-refractivity contribution in [3.8, 4) is 16.5 Å². The summed E-state index contributed by atoms with van der Waals surface area (Å²) in [5, 5.41) is 14.0. The Bertz CT molecular complexity index is 885. The van der Waals surface area contributed by atoms with Crippen LogP contribution < -0.4 is 5.32 Å². The molecule has 0 saturated carbocycles. The molecular weight excluding hydrogens is 324 g/mol. The molecule has 1 N–H and O–H groups in total. The number of amides is 1. The lowest BCUT2D eigenvalue weighted by molar-refractivity contribution is -0.111. The van der Waals surface area contributed by atoms with E-state index in [9.17, 15) is 4.79 Å². The lowest BCUT2D eigenvalue weighted by atomic mass is 10.2. The second-order valence-corrected chi connectivity index (χ2v) is 6.70. The first-order valence-corrected chi connectivity index (χ1v) is 8.58. The molecule has 3 nitrogen and oxygen atoms in total. The van der Waals surface area contributed by atoms with Crippen LogP contribution in [0.4, 0.5) is 5.00 Å². The van der Waals surface area contributed by atoms with Gasteiger partial charge in [-0.3, -0.25) is 4.79 Å². The van der Waals surface area contributed by atoms with Crippen molar-refractivity contribution >= 4 is 39.7 Å². The first-order chi connectivity index (χ1) is 11.3. The third kappa shape index (κ3) is 3.75. The average molecular weight is 336 g/mol. The highest BCUT2D eigenvalue weighted by Crippen LogP contribution is 2.28. The molecule has 0 fully saturated rings. The van der Waals surface area contributed by atoms with Gasteiger partial charge in [0.1, 0.15) is 11.1 Å². The van der Waals surface area contributed by atoms with Gasteiger partial charge in [0, 0.05) is 15.8 Å². The van der Waals surface area contributed by atoms with Crippen molar-refractivity contribution in [2.75, 3.05) is 5.32 Å². The maximum Gasteiger partial charge on any atom is 0.249 e. The molecule has 0 spiro atoms. The van der Waals surface area contributed by atoms with E-state index >= 15 is 0 Å². The van der Waals surface area contributed by atoms with Crippen LogP contribution in [0.3, 0.4) is 0 Å². The number of carbonyl (C=O) groups is 1. The lowest BCUT2D eigenvalue weighted by Gasteiger charge is -1.97. The number of rotatable bonds is 4. The maximum absolute atomic E-state index is 11.9. The SMILES string of the molecule is N#Cc1ccsc1NC(=O)C=Cc1ccc(-c2ccccc2)s1. The van der Waals surface area contributed by atoms with Crippen LogP contribution in [0, 0.1) is 11.3 Å². The fourth-order valence-corrected chi connectivity index (χ4v) is 3.66. The smallest absolute Gasteiger partial charge is 0.249 e. The topological polar surface area (TPSA) is 52.9 Å². The molecular formula is C18H12N2OS2. The van der Waals surface area contributed by atoms with Crippen LogP contribution in [0.5, 0.6) is 0 Å². The summed E-state index contributed by atoms with van der Waals surface area (Å²) in [5.41, 5.74) is 1.65. The third-order valence-electron chi connectivity index (χ3n) is 3.11. The Kier molecular flexibility index (Phi) is 4.67. The highest BCUT2D eigenvalue weighted by molar-refractivity contribution is 7.16. The molecule has 0 aliphatic heterocycles. The van der Waals surface area contributed by atoms with Crippen molar-refractivity contribution in [3.63, 3.8) is 0 Å². The van der Waals surface area contributed by atoms with Gasteiger partial charge in [0.05, 0.1) is 5.56 Å². The summed E-state index contributed by atoms with van der Waals surface area (Å²) in [6.07, 6.45) is 3.27. The zero-order chi connectivity index (χ0) is 16.1. The van der Waals surface area contributed by atoms with Crippen LogP contribution in [0.2, 0.25) is 0 Å². The van der Waals surface area contributed by atoms with E-state index in [1.807, 2.05) is 36.4 Å². The van der Waals surface area contributed by atoms with Gasteiger partial charge in [-0.1, -0.05) is 30.3 Å². The standard InChI is InChI=1S/C18H12N2OS2/c19-12-14-10-11-22-18(14)20-17(21)9-7-15-6-8-16(23-15)13-4-2-1-3-5-13/h1-11H,(H,20,21). The van der Waals surface area contributed by atoms with Crippen LogP contribution >= 0.6 is 22.7 Å². The van der Waals surface area contributed by atoms with Crippen molar-refractivity contribution in [2.24, 2.45) is 0 Å². The van der Waals surface area contributed by atoms with Crippen molar-refractivity contribution in [3.05, 3.63) is 70.4 Å². The molecule has 0 atom stereocenters.